The van der Waals surface area contributed by atoms with Gasteiger partial charge in [-0.2, -0.15) is 4.31 Å². The molecule has 0 fully saturated rings. The maximum Gasteiger partial charge on any atom is 0.244 e. The smallest absolute Gasteiger partial charge is 0.244 e. The molecular weight excluding hydrogens is 516 g/mol. The predicted molar refractivity (Wildman–Crippen MR) is 152 cm³/mol. The van der Waals surface area contributed by atoms with E-state index in [1.165, 1.54) is 9.18 Å². The number of sulfonamides is 1. The molecule has 1 aromatic heterocycles. The Labute approximate surface area is 228 Å². The standard InChI is InChI=1S/C30H32N2O4S2/c1-2-36-20-9-18-31(38(34,35)28-15-8-13-23-10-6-7-14-25(23)28)22-29(33)32-19-16-27-26(17-21-37-27)30(32)24-11-4-3-5-12-24/h3-8,10-15,17,21,30H,2,9,16,18-20,22H2,1H3. The molecule has 0 N–H and O–H groups in total. The summed E-state index contributed by atoms with van der Waals surface area (Å²) in [5.41, 5.74) is 2.15. The topological polar surface area (TPSA) is 66.9 Å². The summed E-state index contributed by atoms with van der Waals surface area (Å²) in [6.45, 7) is 3.43. The molecule has 1 atom stereocenters. The van der Waals surface area contributed by atoms with Gasteiger partial charge in [-0.05, 0) is 53.8 Å². The van der Waals surface area contributed by atoms with Crippen molar-refractivity contribution in [3.8, 4) is 0 Å². The lowest BCUT2D eigenvalue weighted by Crippen LogP contribution is -2.47. The van der Waals surface area contributed by atoms with Gasteiger partial charge in [-0.15, -0.1) is 11.3 Å². The highest BCUT2D eigenvalue weighted by Gasteiger charge is 2.35. The average Bonchev–Trinajstić information content (AvgIpc) is 3.43. The van der Waals surface area contributed by atoms with Gasteiger partial charge in [0.25, 0.3) is 0 Å². The molecule has 0 saturated heterocycles. The summed E-state index contributed by atoms with van der Waals surface area (Å²) in [4.78, 5) is 17.3. The van der Waals surface area contributed by atoms with Crippen molar-refractivity contribution in [3.63, 3.8) is 0 Å². The summed E-state index contributed by atoms with van der Waals surface area (Å²) in [7, 11) is -3.95. The molecule has 2 heterocycles. The molecule has 3 aromatic carbocycles. The molecule has 0 radical (unpaired) electrons. The maximum absolute atomic E-state index is 14.1. The van der Waals surface area contributed by atoms with E-state index in [0.717, 1.165) is 22.9 Å². The third kappa shape index (κ3) is 5.40. The first kappa shape index (κ1) is 26.6. The number of fused-ring (bicyclic) bond motifs is 2. The lowest BCUT2D eigenvalue weighted by molar-refractivity contribution is -0.133. The molecule has 0 aliphatic carbocycles. The van der Waals surface area contributed by atoms with Gasteiger partial charge in [0, 0.05) is 36.6 Å². The molecule has 0 saturated carbocycles. The highest BCUT2D eigenvalue weighted by atomic mass is 32.2. The number of hydrogen-bond donors (Lipinski definition) is 0. The van der Waals surface area contributed by atoms with Crippen LogP contribution in [0.2, 0.25) is 0 Å². The monoisotopic (exact) mass is 548 g/mol. The van der Waals surface area contributed by atoms with Gasteiger partial charge in [-0.1, -0.05) is 66.7 Å². The largest absolute Gasteiger partial charge is 0.382 e. The van der Waals surface area contributed by atoms with E-state index in [0.29, 0.717) is 31.6 Å². The summed E-state index contributed by atoms with van der Waals surface area (Å²) >= 11 is 1.71. The van der Waals surface area contributed by atoms with Crippen LogP contribution in [-0.2, 0) is 26.0 Å². The van der Waals surface area contributed by atoms with Gasteiger partial charge in [0.15, 0.2) is 0 Å². The average molecular weight is 549 g/mol. The zero-order chi connectivity index (χ0) is 26.5. The maximum atomic E-state index is 14.1. The Morgan fingerprint density at radius 2 is 1.79 bits per heavy atom. The number of thiophene rings is 1. The fourth-order valence-electron chi connectivity index (χ4n) is 5.15. The van der Waals surface area contributed by atoms with Crippen LogP contribution in [0.25, 0.3) is 10.8 Å². The molecule has 198 valence electrons. The van der Waals surface area contributed by atoms with E-state index < -0.39 is 10.0 Å². The number of nitrogens with zero attached hydrogens (tertiary/aromatic N) is 2. The Morgan fingerprint density at radius 3 is 2.61 bits per heavy atom. The van der Waals surface area contributed by atoms with E-state index in [2.05, 4.69) is 11.4 Å². The first-order valence-corrected chi connectivity index (χ1v) is 15.3. The Kier molecular flexibility index (Phi) is 8.24. The van der Waals surface area contributed by atoms with Crippen LogP contribution in [0.3, 0.4) is 0 Å². The van der Waals surface area contributed by atoms with Crippen molar-refractivity contribution < 1.29 is 17.9 Å². The van der Waals surface area contributed by atoms with Gasteiger partial charge in [0.05, 0.1) is 17.5 Å². The molecular formula is C30H32N2O4S2. The van der Waals surface area contributed by atoms with E-state index >= 15 is 0 Å². The second-order valence-electron chi connectivity index (χ2n) is 9.32. The van der Waals surface area contributed by atoms with E-state index in [4.69, 9.17) is 4.74 Å². The highest BCUT2D eigenvalue weighted by Crippen LogP contribution is 2.38. The van der Waals surface area contributed by atoms with Gasteiger partial charge in [-0.25, -0.2) is 8.42 Å². The van der Waals surface area contributed by atoms with Crippen molar-refractivity contribution in [2.24, 2.45) is 0 Å². The van der Waals surface area contributed by atoms with Crippen LogP contribution in [0.5, 0.6) is 0 Å². The lowest BCUT2D eigenvalue weighted by atomic mass is 9.93. The van der Waals surface area contributed by atoms with Crippen molar-refractivity contribution in [3.05, 3.63) is 100 Å². The summed E-state index contributed by atoms with van der Waals surface area (Å²) < 4.78 is 34.9. The van der Waals surface area contributed by atoms with Crippen molar-refractivity contribution in [2.45, 2.75) is 30.7 Å². The lowest BCUT2D eigenvalue weighted by Gasteiger charge is -2.37. The number of carbonyl (C=O) groups excluding carboxylic acids is 1. The van der Waals surface area contributed by atoms with Crippen LogP contribution in [0.1, 0.15) is 35.4 Å². The zero-order valence-corrected chi connectivity index (χ0v) is 23.1. The fraction of sp³-hybridized carbons (Fsp3) is 0.300. The molecule has 1 amide bonds. The zero-order valence-electron chi connectivity index (χ0n) is 21.5. The SMILES string of the molecule is CCOCCCN(CC(=O)N1CCc2sccc2C1c1ccccc1)S(=O)(=O)c1cccc2ccccc12. The van der Waals surface area contributed by atoms with E-state index in [9.17, 15) is 13.2 Å². The van der Waals surface area contributed by atoms with E-state index in [1.807, 2.05) is 72.5 Å². The Morgan fingerprint density at radius 1 is 1.03 bits per heavy atom. The summed E-state index contributed by atoms with van der Waals surface area (Å²) in [6.07, 6.45) is 1.27. The van der Waals surface area contributed by atoms with Crippen LogP contribution >= 0.6 is 11.3 Å². The van der Waals surface area contributed by atoms with Crippen LogP contribution < -0.4 is 0 Å². The molecule has 4 aromatic rings. The molecule has 6 nitrogen and oxygen atoms in total. The third-order valence-corrected chi connectivity index (χ3v) is 9.88. The molecule has 38 heavy (non-hydrogen) atoms. The minimum atomic E-state index is -3.95. The molecule has 0 bridgehead atoms. The molecule has 8 heteroatoms. The van der Waals surface area contributed by atoms with Crippen molar-refractivity contribution in [1.82, 2.24) is 9.21 Å². The Bertz CT molecular complexity index is 1500. The van der Waals surface area contributed by atoms with E-state index in [-0.39, 0.29) is 29.9 Å². The highest BCUT2D eigenvalue weighted by molar-refractivity contribution is 7.89. The van der Waals surface area contributed by atoms with Crippen molar-refractivity contribution >= 4 is 38.0 Å². The van der Waals surface area contributed by atoms with Crippen LogP contribution in [0.4, 0.5) is 0 Å². The second-order valence-corrected chi connectivity index (χ2v) is 12.2. The summed E-state index contributed by atoms with van der Waals surface area (Å²) in [5.74, 6) is -0.198. The molecule has 0 spiro atoms. The second kappa shape index (κ2) is 11.8. The first-order chi connectivity index (χ1) is 18.5. The minimum Gasteiger partial charge on any atom is -0.382 e. The fourth-order valence-corrected chi connectivity index (χ4v) is 7.70. The van der Waals surface area contributed by atoms with Gasteiger partial charge >= 0.3 is 0 Å². The van der Waals surface area contributed by atoms with E-state index in [1.54, 1.807) is 23.5 Å². The Balaban J connectivity index is 1.48. The predicted octanol–water partition coefficient (Wildman–Crippen LogP) is 5.49. The van der Waals surface area contributed by atoms with Crippen LogP contribution in [-0.4, -0.2) is 56.4 Å². The quantitative estimate of drug-likeness (QED) is 0.246. The number of carbonyl (C=O) groups is 1. The third-order valence-electron chi connectivity index (χ3n) is 6.98. The van der Waals surface area contributed by atoms with Crippen LogP contribution in [0.15, 0.2) is 89.1 Å². The van der Waals surface area contributed by atoms with Gasteiger partial charge in [0.2, 0.25) is 15.9 Å². The molecule has 1 aliphatic heterocycles. The molecule has 1 unspecified atom stereocenters. The van der Waals surface area contributed by atoms with Crippen molar-refractivity contribution in [2.75, 3.05) is 32.8 Å². The Hall–Kier alpha value is -3.04. The number of ether oxygens (including phenoxy) is 1. The normalized spacial score (nSPS) is 15.6. The molecule has 1 aliphatic rings. The number of benzene rings is 3. The van der Waals surface area contributed by atoms with Gasteiger partial charge in [-0.3, -0.25) is 4.79 Å². The minimum absolute atomic E-state index is 0.198. The van der Waals surface area contributed by atoms with Gasteiger partial charge < -0.3 is 9.64 Å². The molecule has 5 rings (SSSR count). The summed E-state index contributed by atoms with van der Waals surface area (Å²) in [5, 5.41) is 3.57. The number of hydrogen-bond acceptors (Lipinski definition) is 5. The first-order valence-electron chi connectivity index (χ1n) is 13.0. The number of amides is 1. The van der Waals surface area contributed by atoms with Crippen LogP contribution in [0, 0.1) is 0 Å². The van der Waals surface area contributed by atoms with Gasteiger partial charge in [0.1, 0.15) is 0 Å². The van der Waals surface area contributed by atoms with Crippen molar-refractivity contribution in [1.29, 1.82) is 0 Å². The summed E-state index contributed by atoms with van der Waals surface area (Å²) in [6, 6.07) is 24.6. The number of rotatable bonds is 10.